The van der Waals surface area contributed by atoms with E-state index in [4.69, 9.17) is 28.9 Å². The zero-order valence-electron chi connectivity index (χ0n) is 43.6. The number of fused-ring (bicyclic) bond motifs is 4. The normalized spacial score (nSPS) is 19.2. The maximum absolute atomic E-state index is 14.1. The number of nitrogens with zero attached hydrogens (tertiary/aromatic N) is 5. The summed E-state index contributed by atoms with van der Waals surface area (Å²) >= 11 is 0. The first-order chi connectivity index (χ1) is 36.5. The molecule has 0 saturated carbocycles. The Morgan fingerprint density at radius 2 is 1.28 bits per heavy atom. The first-order valence-corrected chi connectivity index (χ1v) is 25.5. The van der Waals surface area contributed by atoms with E-state index in [-0.39, 0.29) is 61.0 Å². The number of hydrogen-bond acceptors (Lipinski definition) is 13. The quantitative estimate of drug-likeness (QED) is 0.0681. The van der Waals surface area contributed by atoms with Crippen LogP contribution >= 0.6 is 0 Å². The number of amides is 6. The van der Waals surface area contributed by atoms with E-state index in [1.54, 1.807) is 75.1 Å². The maximum atomic E-state index is 14.1. The number of methoxy groups -OCH3 is 2. The Morgan fingerprint density at radius 3 is 1.83 bits per heavy atom. The number of carbonyl (C=O) groups is 7. The summed E-state index contributed by atoms with van der Waals surface area (Å²) in [5, 5.41) is 5.53. The lowest BCUT2D eigenvalue weighted by Gasteiger charge is -2.24. The second kappa shape index (κ2) is 22.2. The fraction of sp³-hybridized carbons (Fsp3) is 0.362. The molecule has 18 nitrogen and oxygen atoms in total. The van der Waals surface area contributed by atoms with Crippen molar-refractivity contribution in [2.75, 3.05) is 39.3 Å². The molecule has 5 heterocycles. The van der Waals surface area contributed by atoms with E-state index in [9.17, 15) is 33.6 Å². The van der Waals surface area contributed by atoms with Gasteiger partial charge in [-0.05, 0) is 77.1 Å². The van der Waals surface area contributed by atoms with Gasteiger partial charge in [-0.2, -0.15) is 0 Å². The van der Waals surface area contributed by atoms with Crippen molar-refractivity contribution in [3.8, 4) is 23.0 Å². The molecule has 1 fully saturated rings. The van der Waals surface area contributed by atoms with Crippen molar-refractivity contribution in [1.82, 2.24) is 20.0 Å². The molecule has 2 N–H and O–H groups in total. The van der Waals surface area contributed by atoms with Crippen molar-refractivity contribution >= 4 is 81.9 Å². The molecule has 0 spiro atoms. The lowest BCUT2D eigenvalue weighted by atomic mass is 9.92. The number of imide groups is 1. The fourth-order valence-corrected chi connectivity index (χ4v) is 9.93. The number of anilines is 1. The summed E-state index contributed by atoms with van der Waals surface area (Å²) in [5.41, 5.74) is 7.03. The van der Waals surface area contributed by atoms with Crippen molar-refractivity contribution in [3.63, 3.8) is 0 Å². The Morgan fingerprint density at radius 1 is 0.711 bits per heavy atom. The molecular formula is C58H61N7O11. The van der Waals surface area contributed by atoms with E-state index >= 15 is 0 Å². The number of likely N-dealkylation sites (tertiary alicyclic amines) is 1. The lowest BCUT2D eigenvalue weighted by molar-refractivity contribution is -0.143. The lowest BCUT2D eigenvalue weighted by Crippen LogP contribution is -2.49. The molecule has 18 heteroatoms. The highest BCUT2D eigenvalue weighted by molar-refractivity contribution is 6.08. The van der Waals surface area contributed by atoms with Crippen LogP contribution in [-0.2, 0) is 24.0 Å². The summed E-state index contributed by atoms with van der Waals surface area (Å²) in [5.74, 6) is -1.86. The third-order valence-electron chi connectivity index (χ3n) is 14.3. The summed E-state index contributed by atoms with van der Waals surface area (Å²) in [4.78, 5) is 106. The molecule has 5 atom stereocenters. The molecule has 76 heavy (non-hydrogen) atoms. The predicted molar refractivity (Wildman–Crippen MR) is 285 cm³/mol. The molecule has 0 bridgehead atoms. The molecule has 4 aromatic carbocycles. The first kappa shape index (κ1) is 52.5. The van der Waals surface area contributed by atoms with Crippen LogP contribution < -0.4 is 29.6 Å². The highest BCUT2D eigenvalue weighted by Gasteiger charge is 2.39. The van der Waals surface area contributed by atoms with Crippen LogP contribution in [0.25, 0.3) is 11.1 Å². The predicted octanol–water partition coefficient (Wildman–Crippen LogP) is 7.87. The van der Waals surface area contributed by atoms with E-state index in [1.165, 1.54) is 7.11 Å². The first-order valence-electron chi connectivity index (χ1n) is 25.5. The molecule has 1 saturated heterocycles. The van der Waals surface area contributed by atoms with Gasteiger partial charge in [0.2, 0.25) is 23.6 Å². The second-order valence-corrected chi connectivity index (χ2v) is 20.1. The van der Waals surface area contributed by atoms with Crippen molar-refractivity contribution < 1.29 is 52.5 Å². The standard InChI is InChI=1S/C58H61N7O11/c1-32(2)54(62-52(67)31-65-53(68)21-35(5)56(65)70)48(66)20-34(4)55(69)61-40-13-9-36(10-14-40)38-22-42-28-60-47-26-51(50(74-7)24-45(47)58(72)64(42)29-38)76-18-8-17-75-49-25-46-44(19-33(49)3)57(71)63-30-39(23-41(63)27-59-46)37-11-15-43(73-6)16-12-37/h9-16,19,24-30,32,34-35,41-42,54H,8,17-18,20-23,31H2,1-7H3,(H,61,69)(H,62,67)/t34?,35?,41-,42-,54?/m0/s1. The van der Waals surface area contributed by atoms with Crippen LogP contribution in [-0.4, -0.2) is 120 Å². The summed E-state index contributed by atoms with van der Waals surface area (Å²) in [6, 6.07) is 20.5. The number of hydrogen-bond donors (Lipinski definition) is 2. The zero-order chi connectivity index (χ0) is 53.9. The van der Waals surface area contributed by atoms with Crippen LogP contribution in [0, 0.1) is 24.7 Å². The number of aliphatic imine (C=N–C) groups is 2. The molecule has 9 rings (SSSR count). The Hall–Kier alpha value is -8.41. The maximum Gasteiger partial charge on any atom is 0.260 e. The highest BCUT2D eigenvalue weighted by Crippen LogP contribution is 2.41. The van der Waals surface area contributed by atoms with Crippen molar-refractivity contribution in [3.05, 3.63) is 113 Å². The number of aryl methyl sites for hydroxylation is 1. The third-order valence-corrected chi connectivity index (χ3v) is 14.3. The molecule has 5 aliphatic rings. The largest absolute Gasteiger partial charge is 0.497 e. The number of carbonyl (C=O) groups excluding carboxylic acids is 7. The van der Waals surface area contributed by atoms with E-state index < -0.39 is 42.1 Å². The minimum absolute atomic E-state index is 0.0452. The number of benzene rings is 4. The molecule has 6 amide bonds. The Bertz CT molecular complexity index is 3120. The van der Waals surface area contributed by atoms with Gasteiger partial charge in [-0.3, -0.25) is 48.4 Å². The molecule has 4 aromatic rings. The Labute approximate surface area is 440 Å². The summed E-state index contributed by atoms with van der Waals surface area (Å²) < 4.78 is 23.3. The van der Waals surface area contributed by atoms with Gasteiger partial charge in [0.05, 0.1) is 68.1 Å². The van der Waals surface area contributed by atoms with Crippen molar-refractivity contribution in [2.45, 2.75) is 84.8 Å². The van der Waals surface area contributed by atoms with Gasteiger partial charge in [-0.25, -0.2) is 0 Å². The van der Waals surface area contributed by atoms with Gasteiger partial charge in [-0.15, -0.1) is 0 Å². The Kier molecular flexibility index (Phi) is 15.3. The topological polar surface area (TPSA) is 215 Å². The molecule has 3 unspecified atom stereocenters. The number of ether oxygens (including phenoxy) is 4. The molecule has 394 valence electrons. The second-order valence-electron chi connectivity index (χ2n) is 20.1. The third kappa shape index (κ3) is 11.0. The number of ketones is 1. The van der Waals surface area contributed by atoms with Gasteiger partial charge in [0.15, 0.2) is 17.3 Å². The van der Waals surface area contributed by atoms with E-state index in [2.05, 4.69) is 10.6 Å². The fourth-order valence-electron chi connectivity index (χ4n) is 9.93. The van der Waals surface area contributed by atoms with Gasteiger partial charge in [0.1, 0.15) is 18.0 Å². The number of Topliss-reactive ketones (excluding diaryl/α,β-unsaturated/α-hetero) is 1. The summed E-state index contributed by atoms with van der Waals surface area (Å²) in [6.45, 7) is 8.85. The molecule has 5 aliphatic heterocycles. The number of nitrogens with one attached hydrogen (secondary N) is 2. The van der Waals surface area contributed by atoms with Crippen molar-refractivity contribution in [2.24, 2.45) is 27.7 Å². The number of rotatable bonds is 19. The molecule has 0 aromatic heterocycles. The van der Waals surface area contributed by atoms with E-state index in [1.807, 2.05) is 74.1 Å². The van der Waals surface area contributed by atoms with Gasteiger partial charge < -0.3 is 39.4 Å². The average molecular weight is 1030 g/mol. The smallest absolute Gasteiger partial charge is 0.260 e. The monoisotopic (exact) mass is 1030 g/mol. The van der Waals surface area contributed by atoms with Gasteiger partial charge in [-0.1, -0.05) is 52.0 Å². The van der Waals surface area contributed by atoms with Gasteiger partial charge in [0, 0.05) is 86.6 Å². The molecule has 0 radical (unpaired) electrons. The van der Waals surface area contributed by atoms with Crippen LogP contribution in [0.3, 0.4) is 0 Å². The molecular weight excluding hydrogens is 971 g/mol. The van der Waals surface area contributed by atoms with Crippen LogP contribution in [0.4, 0.5) is 17.1 Å². The summed E-state index contributed by atoms with van der Waals surface area (Å²) in [6.07, 6.45) is 8.87. The summed E-state index contributed by atoms with van der Waals surface area (Å²) in [7, 11) is 3.14. The van der Waals surface area contributed by atoms with Gasteiger partial charge >= 0.3 is 0 Å². The van der Waals surface area contributed by atoms with E-state index in [0.29, 0.717) is 71.3 Å². The van der Waals surface area contributed by atoms with Crippen LogP contribution in [0.1, 0.15) is 97.2 Å². The average Bonchev–Trinajstić information content (AvgIpc) is 4.07. The van der Waals surface area contributed by atoms with Crippen LogP contribution in [0.5, 0.6) is 23.0 Å². The van der Waals surface area contributed by atoms with E-state index in [0.717, 1.165) is 38.5 Å². The Balaban J connectivity index is 0.758. The zero-order valence-corrected chi connectivity index (χ0v) is 43.6. The van der Waals surface area contributed by atoms with Crippen LogP contribution in [0.15, 0.2) is 95.2 Å². The SMILES string of the molecule is COc1ccc(C2=CN3C(=O)c4cc(C)c(OCCCOc5cc6c(cc5OC)C(=O)N5C=C(c7ccc(NC(=O)C(C)CC(=O)C(NC(=O)CN8C(=O)CC(C)C8=O)C(C)C)cc7)C[C@H]5C=N6)cc4N=C[C@@H]3C2)cc1. The van der Waals surface area contributed by atoms with Crippen LogP contribution in [0.2, 0.25) is 0 Å². The minimum atomic E-state index is -0.910. The minimum Gasteiger partial charge on any atom is -0.497 e. The highest BCUT2D eigenvalue weighted by atomic mass is 16.5. The van der Waals surface area contributed by atoms with Gasteiger partial charge in [0.25, 0.3) is 11.8 Å². The van der Waals surface area contributed by atoms with Crippen molar-refractivity contribution in [1.29, 1.82) is 0 Å². The molecule has 0 aliphatic carbocycles.